The van der Waals surface area contributed by atoms with E-state index < -0.39 is 0 Å². The molecule has 0 fully saturated rings. The van der Waals surface area contributed by atoms with Crippen molar-refractivity contribution in [3.63, 3.8) is 0 Å². The fourth-order valence-corrected chi connectivity index (χ4v) is 1.06. The second kappa shape index (κ2) is 5.20. The first kappa shape index (κ1) is 12.1. The Morgan fingerprint density at radius 2 is 2.25 bits per heavy atom. The van der Waals surface area contributed by atoms with Crippen molar-refractivity contribution >= 4 is 17.7 Å². The molecule has 1 heterocycles. The third kappa shape index (κ3) is 3.30. The minimum Gasteiger partial charge on any atom is -0.494 e. The number of pyridine rings is 1. The molecule has 2 amide bonds. The van der Waals surface area contributed by atoms with Gasteiger partial charge in [0.25, 0.3) is 0 Å². The van der Waals surface area contributed by atoms with Gasteiger partial charge in [0.2, 0.25) is 0 Å². The van der Waals surface area contributed by atoms with E-state index in [0.717, 1.165) is 0 Å². The predicted octanol–water partition coefficient (Wildman–Crippen LogP) is 1.16. The lowest BCUT2D eigenvalue weighted by Gasteiger charge is -2.12. The van der Waals surface area contributed by atoms with E-state index in [4.69, 9.17) is 10.5 Å². The van der Waals surface area contributed by atoms with Crippen LogP contribution in [0.15, 0.2) is 12.1 Å². The number of hydrogen-bond acceptors (Lipinski definition) is 4. The molecule has 6 heteroatoms. The van der Waals surface area contributed by atoms with E-state index in [1.54, 1.807) is 26.2 Å². The molecule has 0 aromatic carbocycles. The van der Waals surface area contributed by atoms with Gasteiger partial charge >= 0.3 is 6.03 Å². The van der Waals surface area contributed by atoms with E-state index in [1.165, 1.54) is 4.90 Å². The van der Waals surface area contributed by atoms with Gasteiger partial charge in [0.05, 0.1) is 6.61 Å². The number of ether oxygens (including phenoxy) is 1. The Bertz CT molecular complexity index is 379. The normalized spacial score (nSPS) is 9.69. The Morgan fingerprint density at radius 3 is 2.81 bits per heavy atom. The van der Waals surface area contributed by atoms with E-state index in [9.17, 15) is 4.79 Å². The molecule has 0 bridgehead atoms. The summed E-state index contributed by atoms with van der Waals surface area (Å²) in [6.07, 6.45) is 0. The first-order chi connectivity index (χ1) is 7.52. The van der Waals surface area contributed by atoms with Gasteiger partial charge < -0.3 is 15.4 Å². The zero-order chi connectivity index (χ0) is 12.1. The van der Waals surface area contributed by atoms with Crippen molar-refractivity contribution in [2.75, 3.05) is 31.8 Å². The number of nitrogen functional groups attached to an aromatic ring is 1. The van der Waals surface area contributed by atoms with Crippen LogP contribution in [-0.4, -0.2) is 36.6 Å². The van der Waals surface area contributed by atoms with Crippen molar-refractivity contribution in [1.82, 2.24) is 9.88 Å². The van der Waals surface area contributed by atoms with Crippen molar-refractivity contribution in [3.8, 4) is 5.75 Å². The number of urea groups is 1. The Morgan fingerprint density at radius 1 is 1.56 bits per heavy atom. The zero-order valence-electron chi connectivity index (χ0n) is 9.65. The molecule has 1 aromatic heterocycles. The van der Waals surface area contributed by atoms with Gasteiger partial charge in [-0.05, 0) is 6.92 Å². The molecule has 16 heavy (non-hydrogen) atoms. The molecule has 6 nitrogen and oxygen atoms in total. The molecule has 3 N–H and O–H groups in total. The number of anilines is 2. The minimum absolute atomic E-state index is 0.263. The summed E-state index contributed by atoms with van der Waals surface area (Å²) in [6.45, 7) is 2.40. The van der Waals surface area contributed by atoms with Crippen LogP contribution in [0.5, 0.6) is 5.75 Å². The molecule has 0 saturated carbocycles. The average molecular weight is 224 g/mol. The van der Waals surface area contributed by atoms with Gasteiger partial charge in [-0.1, -0.05) is 0 Å². The summed E-state index contributed by atoms with van der Waals surface area (Å²) >= 11 is 0. The van der Waals surface area contributed by atoms with Crippen LogP contribution in [0, 0.1) is 0 Å². The van der Waals surface area contributed by atoms with Crippen molar-refractivity contribution in [2.45, 2.75) is 6.92 Å². The topological polar surface area (TPSA) is 80.5 Å². The van der Waals surface area contributed by atoms with Gasteiger partial charge in [-0.15, -0.1) is 0 Å². The number of hydrogen-bond donors (Lipinski definition) is 2. The SMILES string of the molecule is CCOc1cc(N)nc(NC(=O)N(C)C)c1. The summed E-state index contributed by atoms with van der Waals surface area (Å²) in [6, 6.07) is 2.97. The number of carbonyl (C=O) groups excluding carboxylic acids is 1. The number of nitrogens with two attached hydrogens (primary N) is 1. The molecular formula is C10H16N4O2. The van der Waals surface area contributed by atoms with Crippen LogP contribution < -0.4 is 15.8 Å². The third-order valence-corrected chi connectivity index (χ3v) is 1.77. The maximum Gasteiger partial charge on any atom is 0.322 e. The number of aromatic nitrogens is 1. The van der Waals surface area contributed by atoms with Crippen molar-refractivity contribution in [2.24, 2.45) is 0 Å². The summed E-state index contributed by atoms with van der Waals surface area (Å²) in [7, 11) is 3.29. The largest absolute Gasteiger partial charge is 0.494 e. The summed E-state index contributed by atoms with van der Waals surface area (Å²) in [4.78, 5) is 16.8. The average Bonchev–Trinajstić information content (AvgIpc) is 2.16. The van der Waals surface area contributed by atoms with E-state index in [1.807, 2.05) is 6.92 Å². The number of amides is 2. The maximum atomic E-state index is 11.4. The van der Waals surface area contributed by atoms with Crippen LogP contribution >= 0.6 is 0 Å². The Hall–Kier alpha value is -1.98. The van der Waals surface area contributed by atoms with Crippen LogP contribution in [0.4, 0.5) is 16.4 Å². The molecule has 1 rings (SSSR count). The van der Waals surface area contributed by atoms with Gasteiger partial charge in [0, 0.05) is 26.2 Å². The molecule has 0 spiro atoms. The fourth-order valence-electron chi connectivity index (χ4n) is 1.06. The second-order valence-corrected chi connectivity index (χ2v) is 3.37. The van der Waals surface area contributed by atoms with Gasteiger partial charge in [-0.2, -0.15) is 0 Å². The molecule has 0 atom stereocenters. The monoisotopic (exact) mass is 224 g/mol. The first-order valence-corrected chi connectivity index (χ1v) is 4.91. The number of carbonyl (C=O) groups is 1. The minimum atomic E-state index is -0.263. The zero-order valence-corrected chi connectivity index (χ0v) is 9.65. The summed E-state index contributed by atoms with van der Waals surface area (Å²) < 4.78 is 5.28. The van der Waals surface area contributed by atoms with Crippen molar-refractivity contribution in [1.29, 1.82) is 0 Å². The Labute approximate surface area is 94.4 Å². The van der Waals surface area contributed by atoms with E-state index in [2.05, 4.69) is 10.3 Å². The molecule has 0 aliphatic rings. The number of rotatable bonds is 3. The van der Waals surface area contributed by atoms with Crippen LogP contribution in [0.2, 0.25) is 0 Å². The van der Waals surface area contributed by atoms with Crippen LogP contribution in [0.3, 0.4) is 0 Å². The Kier molecular flexibility index (Phi) is 3.93. The highest BCUT2D eigenvalue weighted by Crippen LogP contribution is 2.18. The lowest BCUT2D eigenvalue weighted by molar-refractivity contribution is 0.230. The van der Waals surface area contributed by atoms with Crippen molar-refractivity contribution in [3.05, 3.63) is 12.1 Å². The van der Waals surface area contributed by atoms with E-state index in [0.29, 0.717) is 24.0 Å². The van der Waals surface area contributed by atoms with E-state index in [-0.39, 0.29) is 6.03 Å². The van der Waals surface area contributed by atoms with Gasteiger partial charge in [0.15, 0.2) is 0 Å². The highest BCUT2D eigenvalue weighted by atomic mass is 16.5. The first-order valence-electron chi connectivity index (χ1n) is 4.91. The van der Waals surface area contributed by atoms with E-state index >= 15 is 0 Å². The molecule has 0 aliphatic carbocycles. The lowest BCUT2D eigenvalue weighted by Crippen LogP contribution is -2.27. The van der Waals surface area contributed by atoms with Gasteiger partial charge in [-0.25, -0.2) is 9.78 Å². The number of nitrogens with zero attached hydrogens (tertiary/aromatic N) is 2. The molecule has 0 saturated heterocycles. The lowest BCUT2D eigenvalue weighted by atomic mass is 10.4. The fraction of sp³-hybridized carbons (Fsp3) is 0.400. The highest BCUT2D eigenvalue weighted by Gasteiger charge is 2.07. The summed E-state index contributed by atoms with van der Waals surface area (Å²) in [5.74, 6) is 1.27. The van der Waals surface area contributed by atoms with Gasteiger partial charge in [0.1, 0.15) is 17.4 Å². The quantitative estimate of drug-likeness (QED) is 0.807. The number of nitrogens with one attached hydrogen (secondary N) is 1. The second-order valence-electron chi connectivity index (χ2n) is 3.37. The molecule has 1 aromatic rings. The van der Waals surface area contributed by atoms with Gasteiger partial charge in [-0.3, -0.25) is 5.32 Å². The van der Waals surface area contributed by atoms with Crippen LogP contribution in [-0.2, 0) is 0 Å². The summed E-state index contributed by atoms with van der Waals surface area (Å²) in [5, 5.41) is 2.60. The molecule has 0 radical (unpaired) electrons. The Balaban J connectivity index is 2.83. The molecule has 0 unspecified atom stereocenters. The van der Waals surface area contributed by atoms with Crippen LogP contribution in [0.25, 0.3) is 0 Å². The highest BCUT2D eigenvalue weighted by molar-refractivity contribution is 5.88. The van der Waals surface area contributed by atoms with Crippen LogP contribution in [0.1, 0.15) is 6.92 Å². The van der Waals surface area contributed by atoms with Crippen molar-refractivity contribution < 1.29 is 9.53 Å². The molecule has 0 aliphatic heterocycles. The molecule has 88 valence electrons. The standard InChI is InChI=1S/C10H16N4O2/c1-4-16-7-5-8(11)12-9(6-7)13-10(15)14(2)3/h5-6H,4H2,1-3H3,(H3,11,12,13,15). The maximum absolute atomic E-state index is 11.4. The summed E-state index contributed by atoms with van der Waals surface area (Å²) in [5.41, 5.74) is 5.59. The molecular weight excluding hydrogens is 208 g/mol. The predicted molar refractivity (Wildman–Crippen MR) is 62.5 cm³/mol. The third-order valence-electron chi connectivity index (χ3n) is 1.77. The smallest absolute Gasteiger partial charge is 0.322 e.